The van der Waals surface area contributed by atoms with Crippen LogP contribution in [0.3, 0.4) is 0 Å². The Morgan fingerprint density at radius 1 is 1.11 bits per heavy atom. The van der Waals surface area contributed by atoms with E-state index < -0.39 is 5.97 Å². The molecule has 0 radical (unpaired) electrons. The van der Waals surface area contributed by atoms with Crippen LogP contribution in [0, 0.1) is 5.92 Å². The van der Waals surface area contributed by atoms with Crippen LogP contribution in [0.2, 0.25) is 5.02 Å². The van der Waals surface area contributed by atoms with Gasteiger partial charge in [0.1, 0.15) is 0 Å². The van der Waals surface area contributed by atoms with Gasteiger partial charge in [0.2, 0.25) is 0 Å². The number of esters is 2. The van der Waals surface area contributed by atoms with E-state index in [1.807, 2.05) is 45.0 Å². The number of carbonyl (C=O) groups is 2. The topological polar surface area (TPSA) is 64.6 Å². The Labute approximate surface area is 175 Å². The molecular formula is C21H26ClNO4S. The molecule has 1 heterocycles. The van der Waals surface area contributed by atoms with Crippen LogP contribution in [-0.4, -0.2) is 31.4 Å². The summed E-state index contributed by atoms with van der Waals surface area (Å²) in [6, 6.07) is 7.65. The fraction of sp³-hybridized carbons (Fsp3) is 0.429. The first-order valence-corrected chi connectivity index (χ1v) is 10.6. The fourth-order valence-corrected chi connectivity index (χ4v) is 4.17. The lowest BCUT2D eigenvalue weighted by Crippen LogP contribution is -2.33. The summed E-state index contributed by atoms with van der Waals surface area (Å²) >= 11 is 7.57. The number of ether oxygens (including phenoxy) is 2. The molecule has 2 rings (SSSR count). The van der Waals surface area contributed by atoms with Gasteiger partial charge in [-0.3, -0.25) is 0 Å². The Morgan fingerprint density at radius 3 is 2.29 bits per heavy atom. The van der Waals surface area contributed by atoms with Crippen LogP contribution in [0.25, 0.3) is 0 Å². The number of rotatable bonds is 8. The summed E-state index contributed by atoms with van der Waals surface area (Å²) in [6.45, 7) is 5.90. The van der Waals surface area contributed by atoms with Gasteiger partial charge in [-0.25, -0.2) is 9.59 Å². The predicted octanol–water partition coefficient (Wildman–Crippen LogP) is 4.72. The minimum Gasteiger partial charge on any atom is -0.466 e. The monoisotopic (exact) mass is 423 g/mol. The SMILES string of the molecule is CCC1C(C(=O)OC)=C(C)NC(C)=C1C(=O)OCCCSc1ccc(Cl)cc1. The summed E-state index contributed by atoms with van der Waals surface area (Å²) in [4.78, 5) is 26.0. The van der Waals surface area contributed by atoms with Gasteiger partial charge < -0.3 is 14.8 Å². The van der Waals surface area contributed by atoms with Crippen molar-refractivity contribution in [3.05, 3.63) is 51.8 Å². The molecule has 1 N–H and O–H groups in total. The Hall–Kier alpha value is -1.92. The molecule has 0 fully saturated rings. The Morgan fingerprint density at radius 2 is 1.71 bits per heavy atom. The average molecular weight is 424 g/mol. The zero-order chi connectivity index (χ0) is 20.7. The second-order valence-electron chi connectivity index (χ2n) is 6.45. The highest BCUT2D eigenvalue weighted by molar-refractivity contribution is 7.99. The number of carbonyl (C=O) groups excluding carboxylic acids is 2. The maximum atomic E-state index is 12.7. The first kappa shape index (κ1) is 22.4. The minimum atomic E-state index is -0.422. The Balaban J connectivity index is 1.92. The molecule has 7 heteroatoms. The van der Waals surface area contributed by atoms with Gasteiger partial charge in [-0.05, 0) is 51.0 Å². The molecule has 152 valence electrons. The lowest BCUT2D eigenvalue weighted by molar-refractivity contribution is -0.140. The van der Waals surface area contributed by atoms with Crippen molar-refractivity contribution in [3.8, 4) is 0 Å². The third-order valence-corrected chi connectivity index (χ3v) is 5.87. The van der Waals surface area contributed by atoms with Gasteiger partial charge in [-0.2, -0.15) is 0 Å². The van der Waals surface area contributed by atoms with Gasteiger partial charge in [-0.1, -0.05) is 18.5 Å². The van der Waals surface area contributed by atoms with Crippen LogP contribution in [0.4, 0.5) is 0 Å². The molecule has 1 atom stereocenters. The second-order valence-corrected chi connectivity index (χ2v) is 8.05. The molecular weight excluding hydrogens is 398 g/mol. The van der Waals surface area contributed by atoms with Gasteiger partial charge in [0.05, 0.1) is 24.9 Å². The van der Waals surface area contributed by atoms with E-state index in [4.69, 9.17) is 21.1 Å². The molecule has 28 heavy (non-hydrogen) atoms. The fourth-order valence-electron chi connectivity index (χ4n) is 3.21. The summed E-state index contributed by atoms with van der Waals surface area (Å²) in [6.07, 6.45) is 1.34. The van der Waals surface area contributed by atoms with Gasteiger partial charge >= 0.3 is 11.9 Å². The number of hydrogen-bond acceptors (Lipinski definition) is 6. The van der Waals surface area contributed by atoms with Crippen LogP contribution in [0.5, 0.6) is 0 Å². The zero-order valence-corrected chi connectivity index (χ0v) is 18.2. The standard InChI is InChI=1S/C21H26ClNO4S/c1-5-17-18(20(24)26-4)13(2)23-14(3)19(17)21(25)27-11-6-12-28-16-9-7-15(22)8-10-16/h7-10,17,23H,5-6,11-12H2,1-4H3. The second kappa shape index (κ2) is 10.6. The molecule has 0 saturated heterocycles. The number of allylic oxidation sites excluding steroid dienone is 2. The van der Waals surface area contributed by atoms with Crippen molar-refractivity contribution in [2.24, 2.45) is 5.92 Å². The number of methoxy groups -OCH3 is 1. The summed E-state index contributed by atoms with van der Waals surface area (Å²) < 4.78 is 10.4. The molecule has 1 unspecified atom stereocenters. The van der Waals surface area contributed by atoms with E-state index in [1.54, 1.807) is 11.8 Å². The largest absolute Gasteiger partial charge is 0.466 e. The predicted molar refractivity (Wildman–Crippen MR) is 112 cm³/mol. The highest BCUT2D eigenvalue weighted by atomic mass is 35.5. The van der Waals surface area contributed by atoms with Gasteiger partial charge in [-0.15, -0.1) is 11.8 Å². The molecule has 1 aromatic carbocycles. The smallest absolute Gasteiger partial charge is 0.336 e. The molecule has 0 amide bonds. The molecule has 1 aromatic rings. The van der Waals surface area contributed by atoms with Crippen molar-refractivity contribution in [1.29, 1.82) is 0 Å². The van der Waals surface area contributed by atoms with Crippen LogP contribution in [-0.2, 0) is 19.1 Å². The zero-order valence-electron chi connectivity index (χ0n) is 16.6. The van der Waals surface area contributed by atoms with Crippen molar-refractivity contribution < 1.29 is 19.1 Å². The number of halogens is 1. The third-order valence-electron chi connectivity index (χ3n) is 4.52. The van der Waals surface area contributed by atoms with Crippen molar-refractivity contribution in [3.63, 3.8) is 0 Å². The maximum Gasteiger partial charge on any atom is 0.336 e. The number of dihydropyridines is 1. The van der Waals surface area contributed by atoms with Crippen molar-refractivity contribution in [1.82, 2.24) is 5.32 Å². The third kappa shape index (κ3) is 5.55. The number of nitrogens with one attached hydrogen (secondary N) is 1. The lowest BCUT2D eigenvalue weighted by Gasteiger charge is -2.29. The van der Waals surface area contributed by atoms with Gasteiger partial charge in [0.15, 0.2) is 0 Å². The quantitative estimate of drug-likeness (QED) is 0.371. The molecule has 0 bridgehead atoms. The number of benzene rings is 1. The highest BCUT2D eigenvalue weighted by Gasteiger charge is 2.35. The highest BCUT2D eigenvalue weighted by Crippen LogP contribution is 2.33. The minimum absolute atomic E-state index is 0.322. The molecule has 1 aliphatic heterocycles. The summed E-state index contributed by atoms with van der Waals surface area (Å²) in [5.41, 5.74) is 2.42. The maximum absolute atomic E-state index is 12.7. The molecule has 0 aromatic heterocycles. The van der Waals surface area contributed by atoms with Crippen molar-refractivity contribution in [2.75, 3.05) is 19.5 Å². The lowest BCUT2D eigenvalue weighted by atomic mass is 9.83. The number of thioether (sulfide) groups is 1. The summed E-state index contributed by atoms with van der Waals surface area (Å²) in [5, 5.41) is 3.82. The van der Waals surface area contributed by atoms with Crippen LogP contribution >= 0.6 is 23.4 Å². The molecule has 0 aliphatic carbocycles. The molecule has 0 saturated carbocycles. The van der Waals surface area contributed by atoms with E-state index in [0.717, 1.165) is 22.8 Å². The molecule has 0 spiro atoms. The van der Waals surface area contributed by atoms with Crippen molar-refractivity contribution in [2.45, 2.75) is 38.5 Å². The molecule has 5 nitrogen and oxygen atoms in total. The summed E-state index contributed by atoms with van der Waals surface area (Å²) in [5.74, 6) is -0.310. The van der Waals surface area contributed by atoms with E-state index in [2.05, 4.69) is 5.32 Å². The van der Waals surface area contributed by atoms with E-state index in [1.165, 1.54) is 7.11 Å². The molecule has 1 aliphatic rings. The Kier molecular flexibility index (Phi) is 8.45. The number of hydrogen-bond donors (Lipinski definition) is 1. The first-order valence-electron chi connectivity index (χ1n) is 9.21. The summed E-state index contributed by atoms with van der Waals surface area (Å²) in [7, 11) is 1.34. The van der Waals surface area contributed by atoms with Crippen molar-refractivity contribution >= 4 is 35.3 Å². The van der Waals surface area contributed by atoms with Gasteiger partial charge in [0.25, 0.3) is 0 Å². The van der Waals surface area contributed by atoms with E-state index in [0.29, 0.717) is 34.9 Å². The Bertz CT molecular complexity index is 786. The van der Waals surface area contributed by atoms with Crippen LogP contribution in [0.1, 0.15) is 33.6 Å². The van der Waals surface area contributed by atoms with Crippen LogP contribution < -0.4 is 5.32 Å². The van der Waals surface area contributed by atoms with E-state index >= 15 is 0 Å². The van der Waals surface area contributed by atoms with Crippen LogP contribution in [0.15, 0.2) is 51.7 Å². The average Bonchev–Trinajstić information content (AvgIpc) is 2.67. The van der Waals surface area contributed by atoms with E-state index in [-0.39, 0.29) is 11.9 Å². The normalized spacial score (nSPS) is 16.7. The van der Waals surface area contributed by atoms with E-state index in [9.17, 15) is 9.59 Å². The first-order chi connectivity index (χ1) is 13.4. The van der Waals surface area contributed by atoms with Gasteiger partial charge in [0, 0.05) is 33.0 Å².